The summed E-state index contributed by atoms with van der Waals surface area (Å²) < 4.78 is 0. The molecule has 2 aromatic rings. The molecule has 0 aliphatic carbocycles. The molecule has 1 fully saturated rings. The lowest BCUT2D eigenvalue weighted by Gasteiger charge is -2.34. The molecule has 2 nitrogen and oxygen atoms in total. The first kappa shape index (κ1) is 18.8. The molecule has 0 amide bonds. The summed E-state index contributed by atoms with van der Waals surface area (Å²) in [5, 5.41) is 7.03. The molecule has 0 spiro atoms. The van der Waals surface area contributed by atoms with Crippen LogP contribution in [0, 0.1) is 0 Å². The van der Waals surface area contributed by atoms with Crippen LogP contribution in [0.5, 0.6) is 0 Å². The fraction of sp³-hybridized carbons (Fsp3) is 0.304. The summed E-state index contributed by atoms with van der Waals surface area (Å²) in [6.07, 6.45) is 8.51. The molecule has 0 radical (unpaired) electrons. The summed E-state index contributed by atoms with van der Waals surface area (Å²) in [6.45, 7) is 9.12. The SMILES string of the molecule is C=C/C=c1/c(NC2CCCN(Cc3ccc(Cl)cc3)C2)ccc/c1=C/C. The van der Waals surface area contributed by atoms with Gasteiger partial charge in [-0.15, -0.1) is 0 Å². The van der Waals surface area contributed by atoms with Gasteiger partial charge in [0.15, 0.2) is 0 Å². The van der Waals surface area contributed by atoms with Gasteiger partial charge in [-0.05, 0) is 55.3 Å². The summed E-state index contributed by atoms with van der Waals surface area (Å²) in [5.74, 6) is 0. The highest BCUT2D eigenvalue weighted by Gasteiger charge is 2.20. The fourth-order valence-electron chi connectivity index (χ4n) is 3.65. The van der Waals surface area contributed by atoms with Gasteiger partial charge in [-0.25, -0.2) is 0 Å². The summed E-state index contributed by atoms with van der Waals surface area (Å²) >= 11 is 6.00. The Labute approximate surface area is 161 Å². The zero-order chi connectivity index (χ0) is 18.4. The second-order valence-corrected chi connectivity index (χ2v) is 7.28. The van der Waals surface area contributed by atoms with Crippen LogP contribution in [0.3, 0.4) is 0 Å². The number of hydrogen-bond donors (Lipinski definition) is 1. The summed E-state index contributed by atoms with van der Waals surface area (Å²) in [6, 6.07) is 15.1. The van der Waals surface area contributed by atoms with Crippen LogP contribution in [0.25, 0.3) is 12.2 Å². The van der Waals surface area contributed by atoms with Crippen LogP contribution in [0.2, 0.25) is 5.02 Å². The maximum atomic E-state index is 6.00. The van der Waals surface area contributed by atoms with E-state index in [0.717, 1.165) is 24.7 Å². The minimum atomic E-state index is 0.458. The molecule has 1 heterocycles. The van der Waals surface area contributed by atoms with Gasteiger partial charge >= 0.3 is 0 Å². The van der Waals surface area contributed by atoms with E-state index in [9.17, 15) is 0 Å². The third-order valence-corrected chi connectivity index (χ3v) is 5.17. The Bertz CT molecular complexity index is 855. The van der Waals surface area contributed by atoms with Gasteiger partial charge in [0.05, 0.1) is 0 Å². The first-order chi connectivity index (χ1) is 12.7. The van der Waals surface area contributed by atoms with E-state index in [4.69, 9.17) is 11.6 Å². The highest BCUT2D eigenvalue weighted by atomic mass is 35.5. The number of allylic oxidation sites excluding steroid dienone is 1. The number of likely N-dealkylation sites (tertiary alicyclic amines) is 1. The molecule has 3 heteroatoms. The number of rotatable bonds is 5. The van der Waals surface area contributed by atoms with Crippen LogP contribution in [0.4, 0.5) is 5.69 Å². The summed E-state index contributed by atoms with van der Waals surface area (Å²) in [7, 11) is 0. The Morgan fingerprint density at radius 1 is 1.23 bits per heavy atom. The molecule has 0 aromatic heterocycles. The van der Waals surface area contributed by atoms with Crippen LogP contribution in [0.1, 0.15) is 25.3 Å². The number of nitrogens with one attached hydrogen (secondary N) is 1. The van der Waals surface area contributed by atoms with Crippen molar-refractivity contribution in [1.82, 2.24) is 4.90 Å². The smallest absolute Gasteiger partial charge is 0.0422 e. The van der Waals surface area contributed by atoms with E-state index in [2.05, 4.69) is 66.2 Å². The molecule has 1 unspecified atom stereocenters. The molecule has 26 heavy (non-hydrogen) atoms. The van der Waals surface area contributed by atoms with Crippen LogP contribution in [-0.2, 0) is 6.54 Å². The fourth-order valence-corrected chi connectivity index (χ4v) is 3.78. The lowest BCUT2D eigenvalue weighted by molar-refractivity contribution is 0.208. The number of hydrogen-bond acceptors (Lipinski definition) is 2. The van der Waals surface area contributed by atoms with E-state index in [0.29, 0.717) is 6.04 Å². The predicted octanol–water partition coefficient (Wildman–Crippen LogP) is 4.18. The van der Waals surface area contributed by atoms with Crippen molar-refractivity contribution in [3.05, 3.63) is 76.1 Å². The number of nitrogens with zero attached hydrogens (tertiary/aromatic N) is 1. The third-order valence-electron chi connectivity index (χ3n) is 4.92. The van der Waals surface area contributed by atoms with E-state index in [1.54, 1.807) is 0 Å². The summed E-state index contributed by atoms with van der Waals surface area (Å²) in [5.41, 5.74) is 2.51. The molecular formula is C23H27ClN2. The van der Waals surface area contributed by atoms with Gasteiger partial charge in [0.25, 0.3) is 0 Å². The van der Waals surface area contributed by atoms with Crippen molar-refractivity contribution in [2.75, 3.05) is 18.4 Å². The lowest BCUT2D eigenvalue weighted by Crippen LogP contribution is -2.43. The first-order valence-electron chi connectivity index (χ1n) is 9.31. The Hall–Kier alpha value is -2.03. The van der Waals surface area contributed by atoms with Crippen molar-refractivity contribution < 1.29 is 0 Å². The van der Waals surface area contributed by atoms with Gasteiger partial charge in [-0.2, -0.15) is 0 Å². The lowest BCUT2D eigenvalue weighted by atomic mass is 10.0. The van der Waals surface area contributed by atoms with Crippen molar-refractivity contribution in [3.8, 4) is 0 Å². The number of anilines is 1. The number of halogens is 1. The van der Waals surface area contributed by atoms with E-state index < -0.39 is 0 Å². The molecular weight excluding hydrogens is 340 g/mol. The molecule has 1 aliphatic heterocycles. The number of piperidine rings is 1. The average Bonchev–Trinajstić information content (AvgIpc) is 2.65. The van der Waals surface area contributed by atoms with E-state index in [1.807, 2.05) is 18.2 Å². The van der Waals surface area contributed by atoms with Crippen LogP contribution < -0.4 is 15.8 Å². The second kappa shape index (κ2) is 9.07. The Kier molecular flexibility index (Phi) is 6.54. The molecule has 1 atom stereocenters. The van der Waals surface area contributed by atoms with Crippen LogP contribution in [-0.4, -0.2) is 24.0 Å². The molecule has 1 N–H and O–H groups in total. The predicted molar refractivity (Wildman–Crippen MR) is 114 cm³/mol. The normalized spacial score (nSPS) is 19.5. The van der Waals surface area contributed by atoms with Crippen LogP contribution >= 0.6 is 11.6 Å². The van der Waals surface area contributed by atoms with E-state index >= 15 is 0 Å². The molecule has 2 aromatic carbocycles. The first-order valence-corrected chi connectivity index (χ1v) is 9.69. The molecule has 3 rings (SSSR count). The van der Waals surface area contributed by atoms with Crippen LogP contribution in [0.15, 0.2) is 55.1 Å². The van der Waals surface area contributed by atoms with Gasteiger partial charge in [0.2, 0.25) is 0 Å². The zero-order valence-corrected chi connectivity index (χ0v) is 16.2. The monoisotopic (exact) mass is 366 g/mol. The second-order valence-electron chi connectivity index (χ2n) is 6.84. The maximum Gasteiger partial charge on any atom is 0.0422 e. The van der Waals surface area contributed by atoms with Crippen molar-refractivity contribution in [2.45, 2.75) is 32.4 Å². The Morgan fingerprint density at radius 3 is 2.77 bits per heavy atom. The van der Waals surface area contributed by atoms with Crippen molar-refractivity contribution in [1.29, 1.82) is 0 Å². The molecule has 1 saturated heterocycles. The van der Waals surface area contributed by atoms with Crippen molar-refractivity contribution >= 4 is 29.4 Å². The maximum absolute atomic E-state index is 6.00. The van der Waals surface area contributed by atoms with E-state index in [-0.39, 0.29) is 0 Å². The topological polar surface area (TPSA) is 15.3 Å². The molecule has 1 aliphatic rings. The minimum absolute atomic E-state index is 0.458. The highest BCUT2D eigenvalue weighted by molar-refractivity contribution is 6.30. The quantitative estimate of drug-likeness (QED) is 0.853. The highest BCUT2D eigenvalue weighted by Crippen LogP contribution is 2.17. The van der Waals surface area contributed by atoms with Gasteiger partial charge < -0.3 is 5.32 Å². The average molecular weight is 367 g/mol. The minimum Gasteiger partial charge on any atom is -0.381 e. The standard InChI is InChI=1S/C23H27ClN2/c1-3-7-22-19(4-2)8-5-10-23(22)25-21-9-6-15-26(17-21)16-18-11-13-20(24)14-12-18/h3-5,7-8,10-14,21,25H,1,6,9,15-17H2,2H3/b19-4-,22-7+. The molecule has 0 bridgehead atoms. The van der Waals surface area contributed by atoms with Crippen molar-refractivity contribution in [3.63, 3.8) is 0 Å². The molecule has 0 saturated carbocycles. The number of benzene rings is 2. The zero-order valence-electron chi connectivity index (χ0n) is 15.4. The van der Waals surface area contributed by atoms with Gasteiger partial charge in [0.1, 0.15) is 0 Å². The summed E-state index contributed by atoms with van der Waals surface area (Å²) in [4.78, 5) is 2.52. The third kappa shape index (κ3) is 4.78. The van der Waals surface area contributed by atoms with Gasteiger partial charge in [-0.3, -0.25) is 4.90 Å². The van der Waals surface area contributed by atoms with Crippen molar-refractivity contribution in [2.24, 2.45) is 0 Å². The Balaban J connectivity index is 1.72. The Morgan fingerprint density at radius 2 is 2.04 bits per heavy atom. The van der Waals surface area contributed by atoms with Gasteiger partial charge in [-0.1, -0.05) is 60.7 Å². The van der Waals surface area contributed by atoms with E-state index in [1.165, 1.54) is 34.5 Å². The van der Waals surface area contributed by atoms with Gasteiger partial charge in [0, 0.05) is 35.1 Å². The largest absolute Gasteiger partial charge is 0.381 e. The molecule has 136 valence electrons.